The molecule has 3 saturated carbocycles. The lowest BCUT2D eigenvalue weighted by Gasteiger charge is -2.61. The number of aryl methyl sites for hydroxylation is 1. The molecule has 3 fully saturated rings. The van der Waals surface area contributed by atoms with Gasteiger partial charge in [-0.15, -0.1) is 11.7 Å². The SMILES string of the molecule is C=C[C@]1(C)C[C@@H](OC(=O)Cn2cc(COCn3cc(C)c(=O)[nH]c3=O)nn2)[C@]2(C)[C@H](C)CC[C@]3(CCC(=O)[C@H]32)[C@@H](C)[C@@H]1O. The summed E-state index contributed by atoms with van der Waals surface area (Å²) < 4.78 is 14.4. The first kappa shape index (κ1) is 31.1. The minimum atomic E-state index is -0.730. The number of esters is 1. The molecule has 0 aromatic carbocycles. The fourth-order valence-corrected chi connectivity index (χ4v) is 8.27. The number of rotatable bonds is 8. The van der Waals surface area contributed by atoms with Crippen molar-refractivity contribution >= 4 is 11.8 Å². The molecule has 8 atom stereocenters. The highest BCUT2D eigenvalue weighted by molar-refractivity contribution is 5.85. The Hall–Kier alpha value is -3.38. The first-order chi connectivity index (χ1) is 20.2. The largest absolute Gasteiger partial charge is 0.460 e. The Labute approximate surface area is 250 Å². The van der Waals surface area contributed by atoms with E-state index in [1.54, 1.807) is 19.2 Å². The van der Waals surface area contributed by atoms with Crippen LogP contribution in [0.1, 0.15) is 71.1 Å². The van der Waals surface area contributed by atoms with Gasteiger partial charge in [0.1, 0.15) is 30.9 Å². The third-order valence-electron chi connectivity index (χ3n) is 11.1. The molecule has 3 aliphatic carbocycles. The molecule has 43 heavy (non-hydrogen) atoms. The van der Waals surface area contributed by atoms with Crippen LogP contribution in [0.4, 0.5) is 0 Å². The van der Waals surface area contributed by atoms with E-state index in [4.69, 9.17) is 9.47 Å². The van der Waals surface area contributed by atoms with Crippen molar-refractivity contribution in [2.24, 2.45) is 34.0 Å². The van der Waals surface area contributed by atoms with Gasteiger partial charge in [-0.3, -0.25) is 23.9 Å². The minimum Gasteiger partial charge on any atom is -0.460 e. The summed E-state index contributed by atoms with van der Waals surface area (Å²) >= 11 is 0. The molecule has 0 aliphatic heterocycles. The zero-order chi connectivity index (χ0) is 31.3. The fourth-order valence-electron chi connectivity index (χ4n) is 8.27. The number of hydrogen-bond acceptors (Lipinski definition) is 9. The number of carbonyl (C=O) groups is 2. The average Bonchev–Trinajstić information content (AvgIpc) is 3.56. The number of nitrogens with zero attached hydrogens (tertiary/aromatic N) is 4. The van der Waals surface area contributed by atoms with Gasteiger partial charge >= 0.3 is 11.7 Å². The number of Topliss-reactive ketones (excluding diaryl/α,β-unsaturated/α-hetero) is 1. The first-order valence-electron chi connectivity index (χ1n) is 15.1. The second-order valence-corrected chi connectivity index (χ2v) is 13.5. The molecule has 12 nitrogen and oxygen atoms in total. The molecule has 0 spiro atoms. The standard InChI is InChI=1S/C31H43N5O7/c1-7-29(5)12-23(30(6)19(3)8-10-31(20(4)26(29)39)11-9-22(37)25(30)31)43-24(38)15-36-14-21(33-34-36)16-42-17-35-13-18(2)27(40)32-28(35)41/h7,13-14,19-20,23,25-26,39H,1,8-12,15-17H2,2-6H3,(H,32,40,41)/t19-,20+,23-,25+,26+,29-,30+,31+/m1/s1. The monoisotopic (exact) mass is 597 g/mol. The third-order valence-corrected chi connectivity index (χ3v) is 11.1. The minimum absolute atomic E-state index is 0.0253. The number of aliphatic hydroxyl groups excluding tert-OH is 1. The van der Waals surface area contributed by atoms with Crippen LogP contribution in [0.3, 0.4) is 0 Å². The Bertz CT molecular complexity index is 1530. The molecule has 2 aromatic heterocycles. The quantitative estimate of drug-likeness (QED) is 0.344. The van der Waals surface area contributed by atoms with Crippen molar-refractivity contribution in [3.05, 3.63) is 57.1 Å². The molecule has 5 rings (SSSR count). The maximum absolute atomic E-state index is 13.6. The van der Waals surface area contributed by atoms with E-state index in [9.17, 15) is 24.3 Å². The molecule has 0 unspecified atom stereocenters. The van der Waals surface area contributed by atoms with Crippen molar-refractivity contribution in [3.8, 4) is 0 Å². The Balaban J connectivity index is 1.32. The van der Waals surface area contributed by atoms with Gasteiger partial charge in [0.15, 0.2) is 0 Å². The highest BCUT2D eigenvalue weighted by Crippen LogP contribution is 2.68. The van der Waals surface area contributed by atoms with Crippen molar-refractivity contribution in [2.75, 3.05) is 0 Å². The predicted molar refractivity (Wildman–Crippen MR) is 156 cm³/mol. The molecule has 2 bridgehead atoms. The smallest absolute Gasteiger partial charge is 0.330 e. The van der Waals surface area contributed by atoms with Gasteiger partial charge in [-0.05, 0) is 49.9 Å². The summed E-state index contributed by atoms with van der Waals surface area (Å²) in [5, 5.41) is 19.8. The van der Waals surface area contributed by atoms with Crippen LogP contribution in [-0.4, -0.2) is 53.6 Å². The molecule has 12 heteroatoms. The van der Waals surface area contributed by atoms with Crippen LogP contribution in [0.5, 0.6) is 0 Å². The van der Waals surface area contributed by atoms with E-state index >= 15 is 0 Å². The van der Waals surface area contributed by atoms with Gasteiger partial charge in [0, 0.05) is 34.9 Å². The number of aliphatic hydroxyl groups is 1. The number of H-pyrrole nitrogens is 1. The van der Waals surface area contributed by atoms with Crippen LogP contribution >= 0.6 is 0 Å². The van der Waals surface area contributed by atoms with Crippen LogP contribution in [0.2, 0.25) is 0 Å². The number of nitrogens with one attached hydrogen (secondary N) is 1. The maximum atomic E-state index is 13.6. The molecule has 0 saturated heterocycles. The Morgan fingerprint density at radius 2 is 1.98 bits per heavy atom. The van der Waals surface area contributed by atoms with Gasteiger partial charge in [-0.2, -0.15) is 0 Å². The second kappa shape index (κ2) is 11.3. The van der Waals surface area contributed by atoms with E-state index in [2.05, 4.69) is 42.6 Å². The summed E-state index contributed by atoms with van der Waals surface area (Å²) in [6.45, 7) is 13.7. The third kappa shape index (κ3) is 5.22. The highest BCUT2D eigenvalue weighted by atomic mass is 16.5. The highest BCUT2D eigenvalue weighted by Gasteiger charge is 2.68. The Morgan fingerprint density at radius 3 is 2.70 bits per heavy atom. The van der Waals surface area contributed by atoms with E-state index in [1.165, 1.54) is 15.4 Å². The van der Waals surface area contributed by atoms with Gasteiger partial charge in [0.05, 0.1) is 18.9 Å². The number of aromatic nitrogens is 5. The van der Waals surface area contributed by atoms with E-state index in [0.29, 0.717) is 24.1 Å². The second-order valence-electron chi connectivity index (χ2n) is 13.5. The Kier molecular flexibility index (Phi) is 8.14. The van der Waals surface area contributed by atoms with Gasteiger partial charge in [0.2, 0.25) is 0 Å². The average molecular weight is 598 g/mol. The van der Waals surface area contributed by atoms with Crippen molar-refractivity contribution in [2.45, 2.75) is 98.8 Å². The first-order valence-corrected chi connectivity index (χ1v) is 15.1. The fraction of sp³-hybridized carbons (Fsp3) is 0.677. The summed E-state index contributed by atoms with van der Waals surface area (Å²) in [5.41, 5.74) is -1.85. The lowest BCUT2D eigenvalue weighted by molar-refractivity contribution is -0.207. The van der Waals surface area contributed by atoms with Gasteiger partial charge in [-0.1, -0.05) is 39.0 Å². The summed E-state index contributed by atoms with van der Waals surface area (Å²) in [5.74, 6) is -0.568. The summed E-state index contributed by atoms with van der Waals surface area (Å²) in [6.07, 6.45) is 6.75. The molecular formula is C31H43N5O7. The van der Waals surface area contributed by atoms with Crippen LogP contribution in [0.25, 0.3) is 0 Å². The van der Waals surface area contributed by atoms with Crippen molar-refractivity contribution in [1.82, 2.24) is 24.5 Å². The van der Waals surface area contributed by atoms with Crippen molar-refractivity contribution < 1.29 is 24.2 Å². The van der Waals surface area contributed by atoms with E-state index in [0.717, 1.165) is 19.3 Å². The molecule has 0 radical (unpaired) electrons. The van der Waals surface area contributed by atoms with Crippen LogP contribution in [-0.2, 0) is 38.9 Å². The topological polar surface area (TPSA) is 158 Å². The number of aromatic amines is 1. The van der Waals surface area contributed by atoms with Gasteiger partial charge in [-0.25, -0.2) is 9.48 Å². The van der Waals surface area contributed by atoms with Crippen molar-refractivity contribution in [1.29, 1.82) is 0 Å². The van der Waals surface area contributed by atoms with Crippen LogP contribution in [0, 0.1) is 40.9 Å². The normalized spacial score (nSPS) is 35.6. The van der Waals surface area contributed by atoms with E-state index < -0.39 is 40.3 Å². The van der Waals surface area contributed by atoms with Gasteiger partial charge in [0.25, 0.3) is 5.56 Å². The maximum Gasteiger partial charge on any atom is 0.330 e. The van der Waals surface area contributed by atoms with E-state index in [-0.39, 0.29) is 48.8 Å². The lowest BCUT2D eigenvalue weighted by atomic mass is 9.44. The molecule has 2 heterocycles. The summed E-state index contributed by atoms with van der Waals surface area (Å²) in [6, 6.07) is 0. The molecule has 3 aliphatic rings. The predicted octanol–water partition coefficient (Wildman–Crippen LogP) is 2.52. The van der Waals surface area contributed by atoms with Gasteiger partial charge < -0.3 is 14.6 Å². The molecule has 2 N–H and O–H groups in total. The lowest BCUT2D eigenvalue weighted by Crippen LogP contribution is -2.63. The van der Waals surface area contributed by atoms with Crippen molar-refractivity contribution in [3.63, 3.8) is 0 Å². The Morgan fingerprint density at radius 1 is 1.23 bits per heavy atom. The zero-order valence-electron chi connectivity index (χ0n) is 25.7. The number of carbonyl (C=O) groups excluding carboxylic acids is 2. The number of hydrogen-bond donors (Lipinski definition) is 2. The summed E-state index contributed by atoms with van der Waals surface area (Å²) in [4.78, 5) is 52.7. The number of ether oxygens (including phenoxy) is 2. The molecule has 2 aromatic rings. The van der Waals surface area contributed by atoms with Crippen LogP contribution < -0.4 is 11.2 Å². The molecule has 0 amide bonds. The molecular weight excluding hydrogens is 554 g/mol. The summed E-state index contributed by atoms with van der Waals surface area (Å²) in [7, 11) is 0. The number of ketones is 1. The van der Waals surface area contributed by atoms with Crippen LogP contribution in [0.15, 0.2) is 34.6 Å². The molecule has 234 valence electrons. The zero-order valence-corrected chi connectivity index (χ0v) is 25.7. The van der Waals surface area contributed by atoms with E-state index in [1.807, 2.05) is 6.92 Å².